The Morgan fingerprint density at radius 3 is 2.27 bits per heavy atom. The number of rotatable bonds is 1. The average molecular weight is 243 g/mol. The molecule has 0 saturated carbocycles. The van der Waals surface area contributed by atoms with Crippen molar-refractivity contribution in [2.45, 2.75) is 6.18 Å². The highest BCUT2D eigenvalue weighted by Crippen LogP contribution is 2.35. The van der Waals surface area contributed by atoms with E-state index >= 15 is 0 Å². The number of hydrogen-bond donors (Lipinski definition) is 1. The lowest BCUT2D eigenvalue weighted by Crippen LogP contribution is -2.14. The molecule has 7 heteroatoms. The van der Waals surface area contributed by atoms with E-state index in [2.05, 4.69) is 0 Å². The molecule has 0 aliphatic rings. The van der Waals surface area contributed by atoms with Crippen molar-refractivity contribution in [1.82, 2.24) is 0 Å². The number of aromatic carboxylic acids is 1. The molecule has 0 aliphatic heterocycles. The number of halogens is 5. The van der Waals surface area contributed by atoms with Gasteiger partial charge in [-0.15, -0.1) is 0 Å². The highest BCUT2D eigenvalue weighted by Gasteiger charge is 2.37. The van der Waals surface area contributed by atoms with Crippen LogP contribution in [-0.2, 0) is 6.18 Å². The topological polar surface area (TPSA) is 37.3 Å². The van der Waals surface area contributed by atoms with Crippen molar-refractivity contribution in [3.8, 4) is 0 Å². The lowest BCUT2D eigenvalue weighted by molar-refractivity contribution is -0.138. The Hall–Kier alpha value is -1.30. The molecule has 1 rings (SSSR count). The lowest BCUT2D eigenvalue weighted by Gasteiger charge is -2.11. The molecule has 0 bridgehead atoms. The average Bonchev–Trinajstić information content (AvgIpc) is 2.06. The second-order valence-electron chi connectivity index (χ2n) is 2.59. The van der Waals surface area contributed by atoms with Crippen molar-refractivity contribution >= 4 is 17.6 Å². The molecule has 0 atom stereocenters. The number of carboxylic acids is 1. The quantitative estimate of drug-likeness (QED) is 0.768. The molecule has 1 aromatic carbocycles. The van der Waals surface area contributed by atoms with E-state index in [1.807, 2.05) is 0 Å². The normalized spacial score (nSPS) is 11.5. The Kier molecular flexibility index (Phi) is 2.90. The summed E-state index contributed by atoms with van der Waals surface area (Å²) in [5, 5.41) is 7.44. The zero-order valence-corrected chi connectivity index (χ0v) is 7.66. The van der Waals surface area contributed by atoms with Crippen LogP contribution in [0.25, 0.3) is 0 Å². The van der Waals surface area contributed by atoms with Gasteiger partial charge in [0.05, 0.1) is 16.1 Å². The van der Waals surface area contributed by atoms with E-state index in [0.29, 0.717) is 12.1 Å². The molecule has 0 radical (unpaired) electrons. The van der Waals surface area contributed by atoms with Gasteiger partial charge in [0.2, 0.25) is 0 Å². The largest absolute Gasteiger partial charge is 0.478 e. The number of carboxylic acid groups (broad SMARTS) is 1. The lowest BCUT2D eigenvalue weighted by atomic mass is 10.1. The molecule has 0 fully saturated rings. The van der Waals surface area contributed by atoms with Crippen LogP contribution in [0, 0.1) is 5.82 Å². The van der Waals surface area contributed by atoms with Gasteiger partial charge in [-0.1, -0.05) is 11.6 Å². The zero-order valence-electron chi connectivity index (χ0n) is 6.90. The van der Waals surface area contributed by atoms with Crippen LogP contribution in [0.5, 0.6) is 0 Å². The summed E-state index contributed by atoms with van der Waals surface area (Å²) in [6, 6.07) is 0.808. The van der Waals surface area contributed by atoms with E-state index in [1.54, 1.807) is 0 Å². The van der Waals surface area contributed by atoms with E-state index < -0.39 is 34.1 Å². The summed E-state index contributed by atoms with van der Waals surface area (Å²) in [5.74, 6) is -3.13. The Morgan fingerprint density at radius 1 is 1.33 bits per heavy atom. The maximum atomic E-state index is 12.7. The molecular weight excluding hydrogens is 240 g/mol. The monoisotopic (exact) mass is 242 g/mol. The molecule has 82 valence electrons. The standard InChI is InChI=1S/C8H3ClF4O2/c9-6-4(10)2-1-3(8(11,12)13)5(6)7(14)15/h1-2H,(H,14,15). The Bertz CT molecular complexity index is 414. The maximum Gasteiger partial charge on any atom is 0.417 e. The van der Waals surface area contributed by atoms with Crippen LogP contribution in [0.2, 0.25) is 5.02 Å². The molecule has 0 aliphatic carbocycles. The van der Waals surface area contributed by atoms with E-state index in [9.17, 15) is 22.4 Å². The van der Waals surface area contributed by atoms with Crippen molar-refractivity contribution in [3.63, 3.8) is 0 Å². The fourth-order valence-corrected chi connectivity index (χ4v) is 1.24. The van der Waals surface area contributed by atoms with Crippen molar-refractivity contribution in [2.75, 3.05) is 0 Å². The molecule has 1 N–H and O–H groups in total. The molecule has 15 heavy (non-hydrogen) atoms. The minimum atomic E-state index is -4.88. The first kappa shape index (κ1) is 11.8. The minimum absolute atomic E-state index is 0.338. The Morgan fingerprint density at radius 2 is 1.87 bits per heavy atom. The fraction of sp³-hybridized carbons (Fsp3) is 0.125. The fourth-order valence-electron chi connectivity index (χ4n) is 0.996. The zero-order chi connectivity index (χ0) is 11.8. The van der Waals surface area contributed by atoms with Crippen LogP contribution >= 0.6 is 11.6 Å². The SMILES string of the molecule is O=C(O)c1c(C(F)(F)F)ccc(F)c1Cl. The predicted molar refractivity (Wildman–Crippen MR) is 43.4 cm³/mol. The summed E-state index contributed by atoms with van der Waals surface area (Å²) in [6.45, 7) is 0. The van der Waals surface area contributed by atoms with Crippen molar-refractivity contribution in [2.24, 2.45) is 0 Å². The van der Waals surface area contributed by atoms with Gasteiger partial charge in [0.25, 0.3) is 0 Å². The molecule has 2 nitrogen and oxygen atoms in total. The second-order valence-corrected chi connectivity index (χ2v) is 2.96. The third-order valence-corrected chi connectivity index (χ3v) is 1.98. The molecular formula is C8H3ClF4O2. The van der Waals surface area contributed by atoms with Crippen LogP contribution in [0.1, 0.15) is 15.9 Å². The smallest absolute Gasteiger partial charge is 0.417 e. The van der Waals surface area contributed by atoms with E-state index in [4.69, 9.17) is 16.7 Å². The van der Waals surface area contributed by atoms with Gasteiger partial charge in [-0.05, 0) is 12.1 Å². The summed E-state index contributed by atoms with van der Waals surface area (Å²) in [7, 11) is 0. The molecule has 0 aromatic heterocycles. The summed E-state index contributed by atoms with van der Waals surface area (Å²) in [5.41, 5.74) is -2.74. The van der Waals surface area contributed by atoms with Crippen LogP contribution < -0.4 is 0 Å². The van der Waals surface area contributed by atoms with Crippen molar-refractivity contribution < 1.29 is 27.5 Å². The number of benzene rings is 1. The highest BCUT2D eigenvalue weighted by atomic mass is 35.5. The molecule has 0 unspecified atom stereocenters. The van der Waals surface area contributed by atoms with Crippen molar-refractivity contribution in [1.29, 1.82) is 0 Å². The van der Waals surface area contributed by atoms with Crippen LogP contribution in [0.4, 0.5) is 17.6 Å². The van der Waals surface area contributed by atoms with Gasteiger partial charge in [0, 0.05) is 0 Å². The second kappa shape index (κ2) is 3.69. The van der Waals surface area contributed by atoms with Crippen molar-refractivity contribution in [3.05, 3.63) is 34.1 Å². The third kappa shape index (κ3) is 2.20. The van der Waals surface area contributed by atoms with Crippen LogP contribution in [-0.4, -0.2) is 11.1 Å². The van der Waals surface area contributed by atoms with E-state index in [-0.39, 0.29) is 0 Å². The van der Waals surface area contributed by atoms with Gasteiger partial charge in [0.15, 0.2) is 0 Å². The molecule has 0 amide bonds. The van der Waals surface area contributed by atoms with E-state index in [0.717, 1.165) is 0 Å². The maximum absolute atomic E-state index is 12.7. The summed E-state index contributed by atoms with van der Waals surface area (Å²) in [6.07, 6.45) is -4.88. The van der Waals surface area contributed by atoms with Crippen LogP contribution in [0.15, 0.2) is 12.1 Å². The van der Waals surface area contributed by atoms with E-state index in [1.165, 1.54) is 0 Å². The number of carbonyl (C=O) groups is 1. The summed E-state index contributed by atoms with van der Waals surface area (Å²) in [4.78, 5) is 10.5. The van der Waals surface area contributed by atoms with Gasteiger partial charge in [-0.25, -0.2) is 9.18 Å². The third-order valence-electron chi connectivity index (χ3n) is 1.61. The van der Waals surface area contributed by atoms with Gasteiger partial charge in [-0.2, -0.15) is 13.2 Å². The first-order chi connectivity index (χ1) is 6.75. The minimum Gasteiger partial charge on any atom is -0.478 e. The van der Waals surface area contributed by atoms with Gasteiger partial charge in [-0.3, -0.25) is 0 Å². The Labute approximate surface area is 86.1 Å². The first-order valence-electron chi connectivity index (χ1n) is 3.53. The molecule has 0 spiro atoms. The molecule has 1 aromatic rings. The summed E-state index contributed by atoms with van der Waals surface area (Å²) < 4.78 is 49.6. The highest BCUT2D eigenvalue weighted by molar-refractivity contribution is 6.33. The number of hydrogen-bond acceptors (Lipinski definition) is 1. The summed E-state index contributed by atoms with van der Waals surface area (Å²) >= 11 is 5.14. The van der Waals surface area contributed by atoms with Gasteiger partial charge < -0.3 is 5.11 Å². The number of alkyl halides is 3. The van der Waals surface area contributed by atoms with Gasteiger partial charge in [0.1, 0.15) is 5.82 Å². The van der Waals surface area contributed by atoms with Gasteiger partial charge >= 0.3 is 12.1 Å². The molecule has 0 heterocycles. The van der Waals surface area contributed by atoms with Crippen LogP contribution in [0.3, 0.4) is 0 Å². The Balaban J connectivity index is 3.55. The first-order valence-corrected chi connectivity index (χ1v) is 3.91. The molecule has 0 saturated heterocycles. The predicted octanol–water partition coefficient (Wildman–Crippen LogP) is 3.20.